The van der Waals surface area contributed by atoms with Crippen molar-refractivity contribution in [3.05, 3.63) is 46.4 Å². The Morgan fingerprint density at radius 1 is 0.957 bits per heavy atom. The molecule has 0 heterocycles. The van der Waals surface area contributed by atoms with E-state index in [9.17, 15) is 8.42 Å². The van der Waals surface area contributed by atoms with Crippen molar-refractivity contribution >= 4 is 38.9 Å². The Labute approximate surface area is 145 Å². The standard InChI is InChI=1S/C15H15Cl2NO4S/c1-18(23(19,20)11-6-4-10(16)5-7-11)13-9-14(21-2)12(17)8-15(13)22-3/h4-9H,1-3H3. The smallest absolute Gasteiger partial charge is 0.264 e. The minimum Gasteiger partial charge on any atom is -0.495 e. The van der Waals surface area contributed by atoms with E-state index in [1.165, 1.54) is 57.7 Å². The first-order valence-electron chi connectivity index (χ1n) is 6.47. The van der Waals surface area contributed by atoms with Crippen LogP contribution in [-0.2, 0) is 10.0 Å². The summed E-state index contributed by atoms with van der Waals surface area (Å²) < 4.78 is 37.0. The van der Waals surface area contributed by atoms with Gasteiger partial charge in [0, 0.05) is 24.2 Å². The van der Waals surface area contributed by atoms with Crippen molar-refractivity contribution in [3.63, 3.8) is 0 Å². The van der Waals surface area contributed by atoms with Gasteiger partial charge in [0.1, 0.15) is 11.5 Å². The lowest BCUT2D eigenvalue weighted by atomic mass is 10.2. The summed E-state index contributed by atoms with van der Waals surface area (Å²) in [4.78, 5) is 0.111. The van der Waals surface area contributed by atoms with Crippen LogP contribution in [0.2, 0.25) is 10.0 Å². The first-order valence-corrected chi connectivity index (χ1v) is 8.67. The number of anilines is 1. The van der Waals surface area contributed by atoms with Crippen molar-refractivity contribution in [2.24, 2.45) is 0 Å². The highest BCUT2D eigenvalue weighted by Crippen LogP contribution is 2.39. The van der Waals surface area contributed by atoms with Gasteiger partial charge in [-0.1, -0.05) is 23.2 Å². The normalized spacial score (nSPS) is 11.2. The predicted octanol–water partition coefficient (Wildman–Crippen LogP) is 3.84. The van der Waals surface area contributed by atoms with Crippen LogP contribution in [0.25, 0.3) is 0 Å². The summed E-state index contributed by atoms with van der Waals surface area (Å²) in [5.41, 5.74) is 0.309. The highest BCUT2D eigenvalue weighted by atomic mass is 35.5. The number of halogens is 2. The van der Waals surface area contributed by atoms with Gasteiger partial charge in [-0.05, 0) is 24.3 Å². The van der Waals surface area contributed by atoms with E-state index in [0.29, 0.717) is 27.2 Å². The summed E-state index contributed by atoms with van der Waals surface area (Å²) in [7, 11) is 0.527. The molecule has 0 atom stereocenters. The van der Waals surface area contributed by atoms with Gasteiger partial charge in [0.2, 0.25) is 0 Å². The zero-order valence-corrected chi connectivity index (χ0v) is 15.0. The Kier molecular flexibility index (Phi) is 5.29. The van der Waals surface area contributed by atoms with Gasteiger partial charge in [0.25, 0.3) is 10.0 Å². The number of nitrogens with zero attached hydrogens (tertiary/aromatic N) is 1. The lowest BCUT2D eigenvalue weighted by Crippen LogP contribution is -2.27. The summed E-state index contributed by atoms with van der Waals surface area (Å²) in [6, 6.07) is 8.92. The van der Waals surface area contributed by atoms with Gasteiger partial charge in [0.15, 0.2) is 0 Å². The number of rotatable bonds is 5. The maximum atomic E-state index is 12.8. The monoisotopic (exact) mass is 375 g/mol. The van der Waals surface area contributed by atoms with Crippen LogP contribution < -0.4 is 13.8 Å². The number of hydrogen-bond donors (Lipinski definition) is 0. The molecular formula is C15H15Cl2NO4S. The topological polar surface area (TPSA) is 55.8 Å². The van der Waals surface area contributed by atoms with Crippen LogP contribution in [-0.4, -0.2) is 29.7 Å². The van der Waals surface area contributed by atoms with E-state index in [0.717, 1.165) is 4.31 Å². The zero-order chi connectivity index (χ0) is 17.2. The van der Waals surface area contributed by atoms with Crippen LogP contribution in [0.1, 0.15) is 0 Å². The molecule has 0 radical (unpaired) electrons. The SMILES string of the molecule is COc1cc(N(C)S(=O)(=O)c2ccc(Cl)cc2)c(OC)cc1Cl. The summed E-state index contributed by atoms with van der Waals surface area (Å²) >= 11 is 11.8. The molecule has 0 saturated carbocycles. The third-order valence-corrected chi connectivity index (χ3v) is 5.60. The molecular weight excluding hydrogens is 361 g/mol. The first-order chi connectivity index (χ1) is 10.8. The Bertz CT molecular complexity index is 807. The van der Waals surface area contributed by atoms with Gasteiger partial charge in [-0.15, -0.1) is 0 Å². The van der Waals surface area contributed by atoms with Crippen molar-refractivity contribution in [1.82, 2.24) is 0 Å². The fraction of sp³-hybridized carbons (Fsp3) is 0.200. The van der Waals surface area contributed by atoms with E-state index in [1.54, 1.807) is 0 Å². The fourth-order valence-electron chi connectivity index (χ4n) is 1.98. The molecule has 0 spiro atoms. The second kappa shape index (κ2) is 6.86. The number of methoxy groups -OCH3 is 2. The summed E-state index contributed by atoms with van der Waals surface area (Å²) in [6.07, 6.45) is 0. The minimum atomic E-state index is -3.78. The third kappa shape index (κ3) is 3.49. The highest BCUT2D eigenvalue weighted by Gasteiger charge is 2.25. The maximum absolute atomic E-state index is 12.8. The molecule has 0 aliphatic rings. The Morgan fingerprint density at radius 3 is 2.04 bits per heavy atom. The molecule has 23 heavy (non-hydrogen) atoms. The molecule has 0 aromatic heterocycles. The molecule has 0 aliphatic heterocycles. The molecule has 2 rings (SSSR count). The van der Waals surface area contributed by atoms with E-state index in [4.69, 9.17) is 32.7 Å². The number of hydrogen-bond acceptors (Lipinski definition) is 4. The molecule has 5 nitrogen and oxygen atoms in total. The van der Waals surface area contributed by atoms with Gasteiger partial charge in [-0.25, -0.2) is 8.42 Å². The van der Waals surface area contributed by atoms with Gasteiger partial charge in [-0.2, -0.15) is 0 Å². The molecule has 124 valence electrons. The minimum absolute atomic E-state index is 0.111. The van der Waals surface area contributed by atoms with E-state index in [1.807, 2.05) is 0 Å². The van der Waals surface area contributed by atoms with E-state index < -0.39 is 10.0 Å². The summed E-state index contributed by atoms with van der Waals surface area (Å²) in [6.45, 7) is 0. The van der Waals surface area contributed by atoms with E-state index in [2.05, 4.69) is 0 Å². The Hall–Kier alpha value is -1.63. The highest BCUT2D eigenvalue weighted by molar-refractivity contribution is 7.92. The third-order valence-electron chi connectivity index (χ3n) is 3.26. The predicted molar refractivity (Wildman–Crippen MR) is 91.6 cm³/mol. The molecule has 0 amide bonds. The van der Waals surface area contributed by atoms with Gasteiger partial charge < -0.3 is 9.47 Å². The van der Waals surface area contributed by atoms with Crippen LogP contribution in [0.3, 0.4) is 0 Å². The van der Waals surface area contributed by atoms with E-state index >= 15 is 0 Å². The van der Waals surface area contributed by atoms with Crippen molar-refractivity contribution in [3.8, 4) is 11.5 Å². The quantitative estimate of drug-likeness (QED) is 0.796. The van der Waals surface area contributed by atoms with Gasteiger partial charge in [-0.3, -0.25) is 4.31 Å². The van der Waals surface area contributed by atoms with Gasteiger partial charge >= 0.3 is 0 Å². The van der Waals surface area contributed by atoms with E-state index in [-0.39, 0.29) is 4.90 Å². The van der Waals surface area contributed by atoms with Crippen molar-refractivity contribution in [2.75, 3.05) is 25.6 Å². The molecule has 8 heteroatoms. The molecule has 0 fully saturated rings. The fourth-order valence-corrected chi connectivity index (χ4v) is 3.54. The molecule has 2 aromatic rings. The molecule has 0 aliphatic carbocycles. The average molecular weight is 376 g/mol. The molecule has 0 unspecified atom stereocenters. The summed E-state index contributed by atoms with van der Waals surface area (Å²) in [5.74, 6) is 0.663. The van der Waals surface area contributed by atoms with Crippen molar-refractivity contribution < 1.29 is 17.9 Å². The lowest BCUT2D eigenvalue weighted by molar-refractivity contribution is 0.404. The largest absolute Gasteiger partial charge is 0.495 e. The number of benzene rings is 2. The van der Waals surface area contributed by atoms with Crippen molar-refractivity contribution in [1.29, 1.82) is 0 Å². The Balaban J connectivity index is 2.54. The molecule has 0 bridgehead atoms. The molecule has 0 N–H and O–H groups in total. The van der Waals surface area contributed by atoms with Crippen LogP contribution in [0, 0.1) is 0 Å². The molecule has 2 aromatic carbocycles. The lowest BCUT2D eigenvalue weighted by Gasteiger charge is -2.22. The summed E-state index contributed by atoms with van der Waals surface area (Å²) in [5, 5.41) is 0.780. The molecule has 0 saturated heterocycles. The van der Waals surface area contributed by atoms with Crippen molar-refractivity contribution in [2.45, 2.75) is 4.90 Å². The van der Waals surface area contributed by atoms with Gasteiger partial charge in [0.05, 0.1) is 29.8 Å². The second-order valence-corrected chi connectivity index (χ2v) is 7.40. The number of sulfonamides is 1. The zero-order valence-electron chi connectivity index (χ0n) is 12.7. The second-order valence-electron chi connectivity index (χ2n) is 4.59. The number of ether oxygens (including phenoxy) is 2. The first kappa shape index (κ1) is 17.7. The van der Waals surface area contributed by atoms with Crippen LogP contribution in [0.5, 0.6) is 11.5 Å². The average Bonchev–Trinajstić information content (AvgIpc) is 2.54. The van der Waals surface area contributed by atoms with Crippen LogP contribution in [0.4, 0.5) is 5.69 Å². The Morgan fingerprint density at radius 2 is 1.52 bits per heavy atom. The maximum Gasteiger partial charge on any atom is 0.264 e. The van der Waals surface area contributed by atoms with Crippen LogP contribution >= 0.6 is 23.2 Å². The van der Waals surface area contributed by atoms with Crippen LogP contribution in [0.15, 0.2) is 41.3 Å².